The molecule has 5 unspecified atom stereocenters. The van der Waals surface area contributed by atoms with Gasteiger partial charge >= 0.3 is 6.16 Å². The van der Waals surface area contributed by atoms with Crippen LogP contribution in [0.5, 0.6) is 0 Å². The number of fused-ring (bicyclic) bond motifs is 2. The van der Waals surface area contributed by atoms with Crippen LogP contribution >= 0.6 is 0 Å². The number of hydrogen-bond donors (Lipinski definition) is 0. The molecule has 0 aromatic rings. The molecule has 0 N–H and O–H groups in total. The summed E-state index contributed by atoms with van der Waals surface area (Å²) in [5.41, 5.74) is 0.419. The van der Waals surface area contributed by atoms with Gasteiger partial charge in [-0.3, -0.25) is 0 Å². The number of methoxy groups -OCH3 is 1. The van der Waals surface area contributed by atoms with Crippen LogP contribution in [0.1, 0.15) is 45.4 Å². The third-order valence-electron chi connectivity index (χ3n) is 5.39. The molecule has 0 radical (unpaired) electrons. The minimum atomic E-state index is -0.499. The zero-order valence-corrected chi connectivity index (χ0v) is 10.8. The van der Waals surface area contributed by atoms with Gasteiger partial charge in [0.1, 0.15) is 6.10 Å². The fourth-order valence-electron chi connectivity index (χ4n) is 4.94. The molecule has 0 spiro atoms. The Morgan fingerprint density at radius 3 is 2.71 bits per heavy atom. The van der Waals surface area contributed by atoms with Crippen molar-refractivity contribution in [1.82, 2.24) is 0 Å². The molecule has 3 saturated carbocycles. The predicted molar refractivity (Wildman–Crippen MR) is 63.6 cm³/mol. The lowest BCUT2D eigenvalue weighted by molar-refractivity contribution is -0.124. The van der Waals surface area contributed by atoms with Crippen molar-refractivity contribution >= 4 is 6.16 Å². The van der Waals surface area contributed by atoms with Gasteiger partial charge < -0.3 is 9.47 Å². The normalized spacial score (nSPS) is 47.6. The first kappa shape index (κ1) is 11.4. The molecular weight excluding hydrogens is 216 g/mol. The Kier molecular flexibility index (Phi) is 2.60. The topological polar surface area (TPSA) is 35.5 Å². The van der Waals surface area contributed by atoms with Gasteiger partial charge in [-0.15, -0.1) is 0 Å². The first-order chi connectivity index (χ1) is 8.10. The Labute approximate surface area is 103 Å². The number of carbonyl (C=O) groups is 1. The summed E-state index contributed by atoms with van der Waals surface area (Å²) in [6.45, 7) is 2.41. The SMILES string of the molecule is COC(=O)OC1CC2CC3CCC1C(C)(C3)C2. The Morgan fingerprint density at radius 2 is 1.94 bits per heavy atom. The maximum Gasteiger partial charge on any atom is 0.508 e. The van der Waals surface area contributed by atoms with Crippen molar-refractivity contribution < 1.29 is 14.3 Å². The van der Waals surface area contributed by atoms with Gasteiger partial charge in [0.25, 0.3) is 0 Å². The first-order valence-corrected chi connectivity index (χ1v) is 6.85. The summed E-state index contributed by atoms with van der Waals surface area (Å²) in [6.07, 6.45) is 7.26. The summed E-state index contributed by atoms with van der Waals surface area (Å²) in [6, 6.07) is 0. The van der Waals surface area contributed by atoms with E-state index in [4.69, 9.17) is 4.74 Å². The third kappa shape index (κ3) is 1.84. The number of hydrogen-bond acceptors (Lipinski definition) is 3. The second-order valence-corrected chi connectivity index (χ2v) is 6.56. The van der Waals surface area contributed by atoms with E-state index in [1.807, 2.05) is 0 Å². The highest BCUT2D eigenvalue weighted by atomic mass is 16.7. The van der Waals surface area contributed by atoms with E-state index in [0.29, 0.717) is 11.3 Å². The number of rotatable bonds is 1. The molecule has 0 aromatic heterocycles. The van der Waals surface area contributed by atoms with Gasteiger partial charge in [0, 0.05) is 5.92 Å². The molecule has 3 nitrogen and oxygen atoms in total. The molecule has 3 fully saturated rings. The van der Waals surface area contributed by atoms with Crippen LogP contribution in [-0.4, -0.2) is 19.4 Å². The van der Waals surface area contributed by atoms with Gasteiger partial charge in [0.05, 0.1) is 7.11 Å². The van der Waals surface area contributed by atoms with Gasteiger partial charge in [-0.25, -0.2) is 4.79 Å². The molecule has 5 atom stereocenters. The molecule has 3 rings (SSSR count). The Balaban J connectivity index is 1.80. The smallest absolute Gasteiger partial charge is 0.438 e. The molecular formula is C14H22O3. The highest BCUT2D eigenvalue weighted by Crippen LogP contribution is 2.60. The summed E-state index contributed by atoms with van der Waals surface area (Å²) in [5.74, 6) is 2.27. The molecule has 3 heteroatoms. The van der Waals surface area contributed by atoms with Gasteiger partial charge in [-0.1, -0.05) is 6.92 Å². The molecule has 0 amide bonds. The molecule has 3 aliphatic carbocycles. The first-order valence-electron chi connectivity index (χ1n) is 6.85. The molecule has 0 aromatic carbocycles. The average molecular weight is 238 g/mol. The largest absolute Gasteiger partial charge is 0.508 e. The average Bonchev–Trinajstić information content (AvgIpc) is 2.25. The molecule has 0 aliphatic heterocycles. The van der Waals surface area contributed by atoms with E-state index in [0.717, 1.165) is 18.3 Å². The van der Waals surface area contributed by atoms with Crippen LogP contribution in [0.2, 0.25) is 0 Å². The standard InChI is InChI=1S/C14H22O3/c1-14-7-9-3-4-11(14)12(17-13(15)16-2)6-10(5-9)8-14/h9-12H,3-8H2,1-2H3. The zero-order valence-electron chi connectivity index (χ0n) is 10.8. The second-order valence-electron chi connectivity index (χ2n) is 6.56. The van der Waals surface area contributed by atoms with E-state index in [-0.39, 0.29) is 6.10 Å². The van der Waals surface area contributed by atoms with Gasteiger partial charge in [0.2, 0.25) is 0 Å². The van der Waals surface area contributed by atoms with E-state index in [1.165, 1.54) is 39.2 Å². The van der Waals surface area contributed by atoms with E-state index in [9.17, 15) is 4.79 Å². The maximum absolute atomic E-state index is 11.3. The summed E-state index contributed by atoms with van der Waals surface area (Å²) in [7, 11) is 1.39. The lowest BCUT2D eigenvalue weighted by Crippen LogP contribution is -2.52. The van der Waals surface area contributed by atoms with Crippen molar-refractivity contribution in [3.8, 4) is 0 Å². The van der Waals surface area contributed by atoms with Crippen LogP contribution in [0.3, 0.4) is 0 Å². The predicted octanol–water partition coefficient (Wildman–Crippen LogP) is 3.37. The Morgan fingerprint density at radius 1 is 1.18 bits per heavy atom. The third-order valence-corrected chi connectivity index (χ3v) is 5.39. The van der Waals surface area contributed by atoms with Crippen LogP contribution in [0.4, 0.5) is 4.79 Å². The van der Waals surface area contributed by atoms with Crippen molar-refractivity contribution in [2.24, 2.45) is 23.2 Å². The van der Waals surface area contributed by atoms with Crippen molar-refractivity contribution in [2.75, 3.05) is 7.11 Å². The Hall–Kier alpha value is -0.730. The summed E-state index contributed by atoms with van der Waals surface area (Å²) in [4.78, 5) is 11.3. The molecule has 0 saturated heterocycles. The highest BCUT2D eigenvalue weighted by molar-refractivity contribution is 5.59. The van der Waals surface area contributed by atoms with Crippen molar-refractivity contribution in [1.29, 1.82) is 0 Å². The summed E-state index contributed by atoms with van der Waals surface area (Å²) in [5, 5.41) is 0. The van der Waals surface area contributed by atoms with E-state index < -0.39 is 6.16 Å². The second kappa shape index (κ2) is 3.89. The highest BCUT2D eigenvalue weighted by Gasteiger charge is 2.53. The van der Waals surface area contributed by atoms with Gasteiger partial charge in [0.15, 0.2) is 0 Å². The van der Waals surface area contributed by atoms with E-state index >= 15 is 0 Å². The quantitative estimate of drug-likeness (QED) is 0.657. The van der Waals surface area contributed by atoms with Crippen molar-refractivity contribution in [3.63, 3.8) is 0 Å². The van der Waals surface area contributed by atoms with E-state index in [2.05, 4.69) is 11.7 Å². The summed E-state index contributed by atoms with van der Waals surface area (Å²) >= 11 is 0. The molecule has 96 valence electrons. The van der Waals surface area contributed by atoms with Crippen LogP contribution in [-0.2, 0) is 9.47 Å². The molecule has 0 heterocycles. The Bertz CT molecular complexity index is 323. The lowest BCUT2D eigenvalue weighted by atomic mass is 9.49. The number of ether oxygens (including phenoxy) is 2. The van der Waals surface area contributed by atoms with Gasteiger partial charge in [-0.2, -0.15) is 0 Å². The molecule has 17 heavy (non-hydrogen) atoms. The number of carbonyl (C=O) groups excluding carboxylic acids is 1. The maximum atomic E-state index is 11.3. The summed E-state index contributed by atoms with van der Waals surface area (Å²) < 4.78 is 10.2. The fourth-order valence-corrected chi connectivity index (χ4v) is 4.94. The van der Waals surface area contributed by atoms with Crippen LogP contribution < -0.4 is 0 Å². The minimum absolute atomic E-state index is 0.104. The van der Waals surface area contributed by atoms with Crippen molar-refractivity contribution in [3.05, 3.63) is 0 Å². The molecule has 3 aliphatic rings. The lowest BCUT2D eigenvalue weighted by Gasteiger charge is -2.57. The van der Waals surface area contributed by atoms with Crippen LogP contribution in [0.25, 0.3) is 0 Å². The van der Waals surface area contributed by atoms with E-state index in [1.54, 1.807) is 0 Å². The molecule has 3 bridgehead atoms. The van der Waals surface area contributed by atoms with Crippen LogP contribution in [0.15, 0.2) is 0 Å². The fraction of sp³-hybridized carbons (Fsp3) is 0.929. The zero-order chi connectivity index (χ0) is 12.0. The van der Waals surface area contributed by atoms with Crippen LogP contribution in [0, 0.1) is 23.2 Å². The monoisotopic (exact) mass is 238 g/mol. The van der Waals surface area contributed by atoms with Crippen molar-refractivity contribution in [2.45, 2.75) is 51.6 Å². The van der Waals surface area contributed by atoms with Gasteiger partial charge in [-0.05, 0) is 55.8 Å². The minimum Gasteiger partial charge on any atom is -0.438 e.